The molecular weight excluding hydrogens is 392 g/mol. The summed E-state index contributed by atoms with van der Waals surface area (Å²) in [6.45, 7) is 2.10. The first-order chi connectivity index (χ1) is 13.7. The lowest BCUT2D eigenvalue weighted by atomic mass is 9.72. The van der Waals surface area contributed by atoms with Gasteiger partial charge in [-0.3, -0.25) is 4.79 Å². The van der Waals surface area contributed by atoms with Gasteiger partial charge in [-0.25, -0.2) is 0 Å². The molecule has 0 aromatic heterocycles. The summed E-state index contributed by atoms with van der Waals surface area (Å²) in [5, 5.41) is 6.68. The summed E-state index contributed by atoms with van der Waals surface area (Å²) in [5.74, 6) is 1.15. The van der Waals surface area contributed by atoms with Gasteiger partial charge in [0.1, 0.15) is 0 Å². The van der Waals surface area contributed by atoms with Gasteiger partial charge in [0.15, 0.2) is 11.5 Å². The monoisotopic (exact) mass is 416 g/mol. The molecule has 0 saturated carbocycles. The third-order valence-electron chi connectivity index (χ3n) is 6.35. The average molecular weight is 417 g/mol. The van der Waals surface area contributed by atoms with Crippen LogP contribution in [-0.2, 0) is 10.2 Å². The molecule has 2 aliphatic heterocycles. The minimum Gasteiger partial charge on any atom is -0.454 e. The van der Waals surface area contributed by atoms with E-state index in [9.17, 15) is 4.79 Å². The number of halogens is 1. The van der Waals surface area contributed by atoms with Crippen molar-refractivity contribution in [3.05, 3.63) is 59.2 Å². The van der Waals surface area contributed by atoms with Crippen LogP contribution in [0.2, 0.25) is 0 Å². The summed E-state index contributed by atoms with van der Waals surface area (Å²) >= 11 is 0. The quantitative estimate of drug-likeness (QED) is 0.805. The van der Waals surface area contributed by atoms with Crippen molar-refractivity contribution in [2.75, 3.05) is 27.0 Å². The molecule has 2 aromatic carbocycles. The molecule has 1 spiro atoms. The van der Waals surface area contributed by atoms with Crippen molar-refractivity contribution < 1.29 is 19.0 Å². The van der Waals surface area contributed by atoms with Gasteiger partial charge in [-0.2, -0.15) is 0 Å². The lowest BCUT2D eigenvalue weighted by molar-refractivity contribution is 0.00397. The van der Waals surface area contributed by atoms with Crippen molar-refractivity contribution in [2.24, 2.45) is 0 Å². The van der Waals surface area contributed by atoms with Gasteiger partial charge < -0.3 is 24.8 Å². The molecule has 2 aromatic rings. The molecule has 2 heterocycles. The number of carbonyl (C=O) groups excluding carboxylic acids is 1. The first-order valence-corrected chi connectivity index (χ1v) is 9.76. The highest BCUT2D eigenvalue weighted by molar-refractivity contribution is 5.95. The van der Waals surface area contributed by atoms with Crippen LogP contribution >= 0.6 is 12.4 Å². The maximum atomic E-state index is 13.1. The molecule has 0 bridgehead atoms. The van der Waals surface area contributed by atoms with E-state index in [1.54, 1.807) is 25.3 Å². The molecule has 6 nitrogen and oxygen atoms in total. The zero-order valence-corrected chi connectivity index (χ0v) is 17.1. The number of hydrogen-bond acceptors (Lipinski definition) is 5. The van der Waals surface area contributed by atoms with E-state index in [-0.39, 0.29) is 42.7 Å². The number of nitrogens with one attached hydrogen (secondary N) is 2. The predicted molar refractivity (Wildman–Crippen MR) is 111 cm³/mol. The molecule has 2 atom stereocenters. The fourth-order valence-electron chi connectivity index (χ4n) is 5.06. The van der Waals surface area contributed by atoms with E-state index in [2.05, 4.69) is 28.8 Å². The van der Waals surface area contributed by atoms with Crippen molar-refractivity contribution in [3.8, 4) is 11.5 Å². The summed E-state index contributed by atoms with van der Waals surface area (Å²) in [6, 6.07) is 13.5. The Labute approximate surface area is 176 Å². The predicted octanol–water partition coefficient (Wildman–Crippen LogP) is 2.96. The molecule has 1 fully saturated rings. The van der Waals surface area contributed by atoms with Crippen LogP contribution in [-0.4, -0.2) is 39.0 Å². The molecule has 3 aliphatic rings. The summed E-state index contributed by atoms with van der Waals surface area (Å²) in [6.07, 6.45) is 1.91. The summed E-state index contributed by atoms with van der Waals surface area (Å²) < 4.78 is 16.8. The van der Waals surface area contributed by atoms with E-state index >= 15 is 0 Å². The number of piperidine rings is 1. The summed E-state index contributed by atoms with van der Waals surface area (Å²) in [4.78, 5) is 13.1. The number of amides is 1. The summed E-state index contributed by atoms with van der Waals surface area (Å²) in [7, 11) is 1.75. The fraction of sp³-hybridized carbons (Fsp3) is 0.409. The van der Waals surface area contributed by atoms with E-state index in [1.807, 2.05) is 6.07 Å². The van der Waals surface area contributed by atoms with Crippen LogP contribution in [0, 0.1) is 0 Å². The van der Waals surface area contributed by atoms with E-state index < -0.39 is 0 Å². The molecule has 7 heteroatoms. The lowest BCUT2D eigenvalue weighted by Crippen LogP contribution is -2.49. The second-order valence-electron chi connectivity index (χ2n) is 7.67. The second kappa shape index (κ2) is 7.86. The fourth-order valence-corrected chi connectivity index (χ4v) is 5.06. The smallest absolute Gasteiger partial charge is 0.251 e. The maximum absolute atomic E-state index is 13.1. The first-order valence-electron chi connectivity index (χ1n) is 9.76. The van der Waals surface area contributed by atoms with Gasteiger partial charge in [0, 0.05) is 18.1 Å². The van der Waals surface area contributed by atoms with E-state index in [1.165, 1.54) is 5.56 Å². The minimum absolute atomic E-state index is 0. The molecule has 5 rings (SSSR count). The Bertz CT molecular complexity index is 913. The maximum Gasteiger partial charge on any atom is 0.251 e. The molecule has 154 valence electrons. The number of carbonyl (C=O) groups is 1. The van der Waals surface area contributed by atoms with Gasteiger partial charge in [-0.1, -0.05) is 24.3 Å². The first kappa shape index (κ1) is 20.0. The van der Waals surface area contributed by atoms with Gasteiger partial charge in [-0.15, -0.1) is 12.4 Å². The van der Waals surface area contributed by atoms with Crippen molar-refractivity contribution >= 4 is 18.3 Å². The van der Waals surface area contributed by atoms with Crippen molar-refractivity contribution in [1.82, 2.24) is 10.6 Å². The number of benzene rings is 2. The van der Waals surface area contributed by atoms with E-state index in [4.69, 9.17) is 14.2 Å². The average Bonchev–Trinajstić information content (AvgIpc) is 3.30. The lowest BCUT2D eigenvalue weighted by Gasteiger charge is -2.40. The van der Waals surface area contributed by atoms with Crippen LogP contribution in [0.1, 0.15) is 40.4 Å². The molecule has 1 amide bonds. The Morgan fingerprint density at radius 3 is 2.69 bits per heavy atom. The third-order valence-corrected chi connectivity index (χ3v) is 6.35. The van der Waals surface area contributed by atoms with E-state index in [0.29, 0.717) is 17.1 Å². The Morgan fingerprint density at radius 1 is 1.14 bits per heavy atom. The van der Waals surface area contributed by atoms with Gasteiger partial charge in [-0.05, 0) is 55.3 Å². The van der Waals surface area contributed by atoms with Crippen molar-refractivity contribution in [1.29, 1.82) is 0 Å². The number of ether oxygens (including phenoxy) is 3. The highest BCUT2D eigenvalue weighted by Crippen LogP contribution is 2.51. The molecule has 0 radical (unpaired) electrons. The Kier molecular flexibility index (Phi) is 5.42. The van der Waals surface area contributed by atoms with Crippen LogP contribution in [0.3, 0.4) is 0 Å². The normalized spacial score (nSPS) is 23.3. The van der Waals surface area contributed by atoms with Crippen LogP contribution in [0.15, 0.2) is 42.5 Å². The van der Waals surface area contributed by atoms with Crippen molar-refractivity contribution in [3.63, 3.8) is 0 Å². The SMILES string of the molecule is CO[C@H]1[C@H](NC(=O)c2ccc3c(c2)OCO3)c2ccccc2C12CCNCC2.Cl. The highest BCUT2D eigenvalue weighted by Gasteiger charge is 2.53. The van der Waals surface area contributed by atoms with Crippen LogP contribution in [0.5, 0.6) is 11.5 Å². The highest BCUT2D eigenvalue weighted by atomic mass is 35.5. The number of fused-ring (bicyclic) bond motifs is 3. The Balaban J connectivity index is 0.00000205. The molecule has 29 heavy (non-hydrogen) atoms. The van der Waals surface area contributed by atoms with Gasteiger partial charge >= 0.3 is 0 Å². The number of rotatable bonds is 3. The molecule has 2 N–H and O–H groups in total. The van der Waals surface area contributed by atoms with E-state index in [0.717, 1.165) is 31.5 Å². The largest absolute Gasteiger partial charge is 0.454 e. The minimum atomic E-state index is -0.183. The summed E-state index contributed by atoms with van der Waals surface area (Å²) in [5.41, 5.74) is 2.95. The zero-order valence-electron chi connectivity index (χ0n) is 16.3. The Morgan fingerprint density at radius 2 is 1.90 bits per heavy atom. The number of hydrogen-bond donors (Lipinski definition) is 2. The van der Waals surface area contributed by atoms with Gasteiger partial charge in [0.25, 0.3) is 5.91 Å². The number of methoxy groups -OCH3 is 1. The van der Waals surface area contributed by atoms with Gasteiger partial charge in [0.2, 0.25) is 6.79 Å². The molecule has 0 unspecified atom stereocenters. The van der Waals surface area contributed by atoms with Crippen LogP contribution in [0.25, 0.3) is 0 Å². The third kappa shape index (κ3) is 3.16. The molecular formula is C22H25ClN2O4. The zero-order chi connectivity index (χ0) is 19.1. The topological polar surface area (TPSA) is 68.8 Å². The van der Waals surface area contributed by atoms with Gasteiger partial charge in [0.05, 0.1) is 12.1 Å². The Hall–Kier alpha value is -2.28. The van der Waals surface area contributed by atoms with Crippen LogP contribution < -0.4 is 20.1 Å². The molecule has 1 aliphatic carbocycles. The standard InChI is InChI=1S/C22H24N2O4.ClH/c1-26-20-19(24-21(25)14-6-7-17-18(12-14)28-13-27-17)15-4-2-3-5-16(15)22(20)8-10-23-11-9-22;/h2-7,12,19-20,23H,8-11,13H2,1H3,(H,24,25);1H/t19-,20+;/m1./s1. The molecule has 1 saturated heterocycles. The second-order valence-corrected chi connectivity index (χ2v) is 7.67. The van der Waals surface area contributed by atoms with Crippen LogP contribution in [0.4, 0.5) is 0 Å². The van der Waals surface area contributed by atoms with Crippen molar-refractivity contribution in [2.45, 2.75) is 30.4 Å².